The van der Waals surface area contributed by atoms with Crippen molar-refractivity contribution in [3.8, 4) is 0 Å². The number of hydrogen-bond donors (Lipinski definition) is 3. The minimum atomic E-state index is -1.07. The van der Waals surface area contributed by atoms with Crippen molar-refractivity contribution >= 4 is 17.6 Å². The number of aromatic nitrogens is 2. The van der Waals surface area contributed by atoms with Crippen molar-refractivity contribution in [2.24, 2.45) is 0 Å². The maximum Gasteiger partial charge on any atom is 0.328 e. The third-order valence-electron chi connectivity index (χ3n) is 2.65. The highest BCUT2D eigenvalue weighted by molar-refractivity contribution is 5.81. The molecule has 6 nitrogen and oxygen atoms in total. The first-order valence-electron chi connectivity index (χ1n) is 5.95. The van der Waals surface area contributed by atoms with E-state index in [1.807, 2.05) is 0 Å². The summed E-state index contributed by atoms with van der Waals surface area (Å²) in [5, 5.41) is 15.1. The van der Waals surface area contributed by atoms with E-state index in [0.29, 0.717) is 17.7 Å². The highest BCUT2D eigenvalue weighted by Gasteiger charge is 2.27. The van der Waals surface area contributed by atoms with E-state index >= 15 is 0 Å². The fourth-order valence-electron chi connectivity index (χ4n) is 1.23. The lowest BCUT2D eigenvalue weighted by Gasteiger charge is -2.22. The van der Waals surface area contributed by atoms with E-state index in [-0.39, 0.29) is 0 Å². The number of hydrogen-bond acceptors (Lipinski definition) is 5. The molecule has 0 radical (unpaired) electrons. The molecule has 6 heteroatoms. The lowest BCUT2D eigenvalue weighted by atomic mass is 10.1. The van der Waals surface area contributed by atoms with E-state index < -0.39 is 11.5 Å². The Morgan fingerprint density at radius 2 is 2.06 bits per heavy atom. The molecule has 0 saturated heterocycles. The molecule has 100 valence electrons. The zero-order chi connectivity index (χ0) is 13.8. The van der Waals surface area contributed by atoms with Crippen molar-refractivity contribution in [2.45, 2.75) is 45.7 Å². The van der Waals surface area contributed by atoms with Crippen LogP contribution in [0.15, 0.2) is 12.4 Å². The standard InChI is InChI=1S/C12H20N4O2/c1-5-8(2)15-9-6-10(14-7-13-9)16-12(3,4)11(17)18/h6-8H,5H2,1-4H3,(H,17,18)(H2,13,14,15,16). The first-order valence-corrected chi connectivity index (χ1v) is 5.95. The van der Waals surface area contributed by atoms with Crippen molar-refractivity contribution in [1.82, 2.24) is 9.97 Å². The third kappa shape index (κ3) is 3.87. The van der Waals surface area contributed by atoms with Crippen molar-refractivity contribution in [3.63, 3.8) is 0 Å². The average molecular weight is 252 g/mol. The predicted octanol–water partition coefficient (Wildman–Crippen LogP) is 1.96. The molecule has 18 heavy (non-hydrogen) atoms. The predicted molar refractivity (Wildman–Crippen MR) is 70.7 cm³/mol. The lowest BCUT2D eigenvalue weighted by molar-refractivity contribution is -0.141. The third-order valence-corrected chi connectivity index (χ3v) is 2.65. The molecule has 1 heterocycles. The maximum absolute atomic E-state index is 11.0. The fourth-order valence-corrected chi connectivity index (χ4v) is 1.23. The Morgan fingerprint density at radius 1 is 1.44 bits per heavy atom. The van der Waals surface area contributed by atoms with Crippen molar-refractivity contribution < 1.29 is 9.90 Å². The summed E-state index contributed by atoms with van der Waals surface area (Å²) in [7, 11) is 0. The van der Waals surface area contributed by atoms with Gasteiger partial charge in [-0.1, -0.05) is 6.92 Å². The van der Waals surface area contributed by atoms with Gasteiger partial charge in [-0.05, 0) is 27.2 Å². The highest BCUT2D eigenvalue weighted by atomic mass is 16.4. The summed E-state index contributed by atoms with van der Waals surface area (Å²) >= 11 is 0. The molecule has 0 aromatic carbocycles. The van der Waals surface area contributed by atoms with Crippen molar-refractivity contribution in [1.29, 1.82) is 0 Å². The Kier molecular flexibility index (Phi) is 4.47. The number of rotatable bonds is 6. The van der Waals surface area contributed by atoms with Crippen LogP contribution < -0.4 is 10.6 Å². The molecular formula is C12H20N4O2. The van der Waals surface area contributed by atoms with Crippen LogP contribution in [0.25, 0.3) is 0 Å². The Bertz CT molecular complexity index is 420. The van der Waals surface area contributed by atoms with Crippen LogP contribution >= 0.6 is 0 Å². The van der Waals surface area contributed by atoms with Gasteiger partial charge in [-0.15, -0.1) is 0 Å². The van der Waals surface area contributed by atoms with Crippen LogP contribution in [0, 0.1) is 0 Å². The summed E-state index contributed by atoms with van der Waals surface area (Å²) in [5.41, 5.74) is -1.07. The van der Waals surface area contributed by atoms with E-state index in [1.54, 1.807) is 19.9 Å². The molecule has 0 aliphatic heterocycles. The zero-order valence-electron chi connectivity index (χ0n) is 11.2. The van der Waals surface area contributed by atoms with Gasteiger partial charge in [-0.2, -0.15) is 0 Å². The lowest BCUT2D eigenvalue weighted by Crippen LogP contribution is -2.40. The Labute approximate surface area is 107 Å². The summed E-state index contributed by atoms with van der Waals surface area (Å²) in [6.07, 6.45) is 2.39. The van der Waals surface area contributed by atoms with Gasteiger partial charge in [0.05, 0.1) is 0 Å². The molecule has 1 aromatic rings. The van der Waals surface area contributed by atoms with Crippen LogP contribution in [0.5, 0.6) is 0 Å². The molecule has 1 unspecified atom stereocenters. The quantitative estimate of drug-likeness (QED) is 0.717. The van der Waals surface area contributed by atoms with Crippen molar-refractivity contribution in [3.05, 3.63) is 12.4 Å². The molecule has 0 amide bonds. The minimum Gasteiger partial charge on any atom is -0.480 e. The number of nitrogens with zero attached hydrogens (tertiary/aromatic N) is 2. The van der Waals surface area contributed by atoms with E-state index in [0.717, 1.165) is 6.42 Å². The smallest absolute Gasteiger partial charge is 0.328 e. The van der Waals surface area contributed by atoms with E-state index in [4.69, 9.17) is 5.11 Å². The average Bonchev–Trinajstić information content (AvgIpc) is 2.28. The van der Waals surface area contributed by atoms with Crippen LogP contribution in [0.2, 0.25) is 0 Å². The molecule has 0 spiro atoms. The molecule has 0 bridgehead atoms. The van der Waals surface area contributed by atoms with Crippen LogP contribution in [0.3, 0.4) is 0 Å². The SMILES string of the molecule is CCC(C)Nc1cc(NC(C)(C)C(=O)O)ncn1. The number of nitrogens with one attached hydrogen (secondary N) is 2. The first-order chi connectivity index (χ1) is 8.35. The number of carbonyl (C=O) groups is 1. The fraction of sp³-hybridized carbons (Fsp3) is 0.583. The molecule has 0 aliphatic carbocycles. The highest BCUT2D eigenvalue weighted by Crippen LogP contribution is 2.16. The Morgan fingerprint density at radius 3 is 2.61 bits per heavy atom. The molecule has 0 aliphatic rings. The monoisotopic (exact) mass is 252 g/mol. The second kappa shape index (κ2) is 5.66. The second-order valence-electron chi connectivity index (χ2n) is 4.80. The molecule has 1 atom stereocenters. The maximum atomic E-state index is 11.0. The Hall–Kier alpha value is -1.85. The minimum absolute atomic E-state index is 0.306. The zero-order valence-corrected chi connectivity index (χ0v) is 11.2. The van der Waals surface area contributed by atoms with Crippen LogP contribution in [-0.4, -0.2) is 32.6 Å². The summed E-state index contributed by atoms with van der Waals surface area (Å²) in [5.74, 6) is 0.240. The summed E-state index contributed by atoms with van der Waals surface area (Å²) < 4.78 is 0. The van der Waals surface area contributed by atoms with Gasteiger partial charge in [0.2, 0.25) is 0 Å². The van der Waals surface area contributed by atoms with Crippen LogP contribution in [0.1, 0.15) is 34.1 Å². The number of carboxylic acids is 1. The first kappa shape index (κ1) is 14.2. The molecular weight excluding hydrogens is 232 g/mol. The van der Waals surface area contributed by atoms with Gasteiger partial charge in [0.25, 0.3) is 0 Å². The van der Waals surface area contributed by atoms with E-state index in [9.17, 15) is 4.79 Å². The second-order valence-corrected chi connectivity index (χ2v) is 4.80. The van der Waals surface area contributed by atoms with E-state index in [1.165, 1.54) is 6.33 Å². The van der Waals surface area contributed by atoms with Crippen LogP contribution in [0.4, 0.5) is 11.6 Å². The van der Waals surface area contributed by atoms with Gasteiger partial charge in [0.15, 0.2) is 0 Å². The topological polar surface area (TPSA) is 87.1 Å². The summed E-state index contributed by atoms with van der Waals surface area (Å²) in [6, 6.07) is 2.01. The van der Waals surface area contributed by atoms with Gasteiger partial charge < -0.3 is 15.7 Å². The molecule has 3 N–H and O–H groups in total. The Balaban J connectivity index is 2.79. The van der Waals surface area contributed by atoms with Gasteiger partial charge in [0, 0.05) is 12.1 Å². The summed E-state index contributed by atoms with van der Waals surface area (Å²) in [6.45, 7) is 7.29. The van der Waals surface area contributed by atoms with Crippen LogP contribution in [-0.2, 0) is 4.79 Å². The number of carboxylic acid groups (broad SMARTS) is 1. The van der Waals surface area contributed by atoms with E-state index in [2.05, 4.69) is 34.4 Å². The molecule has 1 aromatic heterocycles. The van der Waals surface area contributed by atoms with Gasteiger partial charge in [-0.25, -0.2) is 14.8 Å². The normalized spacial score (nSPS) is 12.9. The van der Waals surface area contributed by atoms with Crippen molar-refractivity contribution in [2.75, 3.05) is 10.6 Å². The number of aliphatic carboxylic acids is 1. The van der Waals surface area contributed by atoms with Gasteiger partial charge in [-0.3, -0.25) is 0 Å². The summed E-state index contributed by atoms with van der Waals surface area (Å²) in [4.78, 5) is 19.1. The molecule has 0 fully saturated rings. The van der Waals surface area contributed by atoms with Gasteiger partial charge >= 0.3 is 5.97 Å². The number of anilines is 2. The molecule has 1 rings (SSSR count). The largest absolute Gasteiger partial charge is 0.480 e. The molecule has 0 saturated carbocycles. The van der Waals surface area contributed by atoms with Gasteiger partial charge in [0.1, 0.15) is 23.5 Å².